The van der Waals surface area contributed by atoms with Crippen LogP contribution in [0.3, 0.4) is 0 Å². The standard InChI is InChI=1S/C45H36O/c1-45(2)40-16-6-5-11-34(40)39-25-31(21-22-41(39)45)33-12-7-15-37-35-13-8-14-36-38-24-30(29-18-17-27-9-3-4-10-28(27)23-29)19-20-32(38)26-42(43(35)36)46-44(33)37/h3-18,21-22,24,26,28,31H,19-20,23,25H2,1-2H3. The largest absolute Gasteiger partial charge is 0.456 e. The Morgan fingerprint density at radius 2 is 1.61 bits per heavy atom. The fraction of sp³-hybridized carbons (Fsp3) is 0.200. The third kappa shape index (κ3) is 3.69. The zero-order chi connectivity index (χ0) is 30.6. The maximum absolute atomic E-state index is 7.02. The second-order valence-electron chi connectivity index (χ2n) is 14.3. The molecule has 10 rings (SSSR count). The molecule has 4 aromatic carbocycles. The molecule has 2 unspecified atom stereocenters. The van der Waals surface area contributed by atoms with E-state index < -0.39 is 0 Å². The van der Waals surface area contributed by atoms with Gasteiger partial charge in [-0.25, -0.2) is 0 Å². The van der Waals surface area contributed by atoms with Crippen LogP contribution < -0.4 is 4.74 Å². The molecule has 46 heavy (non-hydrogen) atoms. The fourth-order valence-corrected chi connectivity index (χ4v) is 9.16. The summed E-state index contributed by atoms with van der Waals surface area (Å²) >= 11 is 0. The Morgan fingerprint density at radius 1 is 0.739 bits per heavy atom. The van der Waals surface area contributed by atoms with Crippen molar-refractivity contribution in [3.8, 4) is 22.6 Å². The summed E-state index contributed by atoms with van der Waals surface area (Å²) < 4.78 is 7.02. The molecule has 1 heterocycles. The van der Waals surface area contributed by atoms with Crippen molar-refractivity contribution in [3.63, 3.8) is 0 Å². The summed E-state index contributed by atoms with van der Waals surface area (Å²) in [6, 6.07) is 25.0. The van der Waals surface area contributed by atoms with Crippen molar-refractivity contribution in [1.82, 2.24) is 0 Å². The van der Waals surface area contributed by atoms with Crippen LogP contribution >= 0.6 is 0 Å². The summed E-state index contributed by atoms with van der Waals surface area (Å²) in [5.41, 5.74) is 16.8. The maximum atomic E-state index is 7.02. The number of fused-ring (bicyclic) bond motifs is 7. The topological polar surface area (TPSA) is 9.23 Å². The lowest BCUT2D eigenvalue weighted by Crippen LogP contribution is -2.17. The second kappa shape index (κ2) is 9.56. The van der Waals surface area contributed by atoms with Gasteiger partial charge in [0, 0.05) is 33.8 Å². The average Bonchev–Trinajstić information content (AvgIpc) is 3.33. The SMILES string of the molecule is CC1(C)C2=C(CC(c3cccc4c3Oc3cc5c(c6cccc-4c36)C=C(C3=CC=C4C=CC=CC4C3)CC5)C=C2)c2ccccc21. The van der Waals surface area contributed by atoms with Gasteiger partial charge in [-0.05, 0) is 92.8 Å². The molecule has 0 fully saturated rings. The lowest BCUT2D eigenvalue weighted by molar-refractivity contribution is 0.477. The van der Waals surface area contributed by atoms with Crippen molar-refractivity contribution in [3.05, 3.63) is 165 Å². The van der Waals surface area contributed by atoms with E-state index in [4.69, 9.17) is 4.74 Å². The Hall–Kier alpha value is -4.88. The molecule has 5 aliphatic carbocycles. The highest BCUT2D eigenvalue weighted by Gasteiger charge is 2.39. The Morgan fingerprint density at radius 3 is 2.57 bits per heavy atom. The van der Waals surface area contributed by atoms with Gasteiger partial charge in [0.25, 0.3) is 0 Å². The van der Waals surface area contributed by atoms with Crippen molar-refractivity contribution in [1.29, 1.82) is 0 Å². The van der Waals surface area contributed by atoms with Crippen LogP contribution in [0, 0.1) is 5.92 Å². The number of benzene rings is 4. The minimum absolute atomic E-state index is 0.0411. The van der Waals surface area contributed by atoms with E-state index in [0.717, 1.165) is 37.2 Å². The van der Waals surface area contributed by atoms with Gasteiger partial charge in [-0.3, -0.25) is 0 Å². The van der Waals surface area contributed by atoms with Crippen LogP contribution in [-0.2, 0) is 11.8 Å². The number of para-hydroxylation sites is 1. The van der Waals surface area contributed by atoms with E-state index in [1.54, 1.807) is 0 Å². The Balaban J connectivity index is 1.05. The van der Waals surface area contributed by atoms with Gasteiger partial charge in [0.2, 0.25) is 0 Å². The van der Waals surface area contributed by atoms with Crippen molar-refractivity contribution in [2.75, 3.05) is 0 Å². The molecular weight excluding hydrogens is 556 g/mol. The number of aryl methyl sites for hydroxylation is 1. The average molecular weight is 593 g/mol. The normalized spacial score (nSPS) is 22.6. The van der Waals surface area contributed by atoms with Crippen molar-refractivity contribution in [2.24, 2.45) is 5.92 Å². The highest BCUT2D eigenvalue weighted by atomic mass is 16.5. The summed E-state index contributed by atoms with van der Waals surface area (Å²) in [7, 11) is 0. The van der Waals surface area contributed by atoms with Gasteiger partial charge in [0.15, 0.2) is 0 Å². The fourth-order valence-electron chi connectivity index (χ4n) is 9.16. The van der Waals surface area contributed by atoms with Crippen LogP contribution in [0.1, 0.15) is 66.8 Å². The van der Waals surface area contributed by atoms with Crippen LogP contribution in [-0.4, -0.2) is 0 Å². The number of hydrogen-bond donors (Lipinski definition) is 0. The van der Waals surface area contributed by atoms with E-state index in [2.05, 4.69) is 135 Å². The van der Waals surface area contributed by atoms with Gasteiger partial charge in [0.1, 0.15) is 11.5 Å². The zero-order valence-corrected chi connectivity index (χ0v) is 26.4. The number of ether oxygens (including phenoxy) is 1. The van der Waals surface area contributed by atoms with Crippen LogP contribution in [0.2, 0.25) is 0 Å². The molecule has 222 valence electrons. The Labute approximate surface area is 271 Å². The van der Waals surface area contributed by atoms with Crippen LogP contribution in [0.15, 0.2) is 138 Å². The Kier molecular flexibility index (Phi) is 5.48. The lowest BCUT2D eigenvalue weighted by atomic mass is 9.77. The van der Waals surface area contributed by atoms with Crippen molar-refractivity contribution < 1.29 is 4.74 Å². The summed E-state index contributed by atoms with van der Waals surface area (Å²) in [5, 5.41) is 2.56. The molecule has 2 atom stereocenters. The third-order valence-electron chi connectivity index (χ3n) is 11.5. The molecule has 0 spiro atoms. The molecule has 0 aromatic heterocycles. The lowest BCUT2D eigenvalue weighted by Gasteiger charge is -2.30. The zero-order valence-electron chi connectivity index (χ0n) is 26.4. The molecule has 0 saturated carbocycles. The summed E-state index contributed by atoms with van der Waals surface area (Å²) in [6.45, 7) is 4.74. The van der Waals surface area contributed by atoms with Gasteiger partial charge >= 0.3 is 0 Å². The molecule has 6 aliphatic rings. The van der Waals surface area contributed by atoms with Gasteiger partial charge in [0.05, 0.1) is 0 Å². The van der Waals surface area contributed by atoms with E-state index in [9.17, 15) is 0 Å². The first kappa shape index (κ1) is 26.3. The summed E-state index contributed by atoms with van der Waals surface area (Å²) in [6.07, 6.45) is 25.2. The third-order valence-corrected chi connectivity index (χ3v) is 11.5. The highest BCUT2D eigenvalue weighted by molar-refractivity contribution is 6.08. The van der Waals surface area contributed by atoms with Gasteiger partial charge in [-0.1, -0.05) is 129 Å². The van der Waals surface area contributed by atoms with E-state index in [-0.39, 0.29) is 11.3 Å². The molecule has 0 radical (unpaired) electrons. The van der Waals surface area contributed by atoms with Gasteiger partial charge in [-0.2, -0.15) is 0 Å². The van der Waals surface area contributed by atoms with Crippen molar-refractivity contribution in [2.45, 2.75) is 50.9 Å². The molecule has 1 aliphatic heterocycles. The summed E-state index contributed by atoms with van der Waals surface area (Å²) in [4.78, 5) is 0. The molecule has 0 saturated heterocycles. The molecular formula is C45H36O. The molecule has 0 bridgehead atoms. The smallest absolute Gasteiger partial charge is 0.139 e. The number of rotatable bonds is 2. The van der Waals surface area contributed by atoms with Crippen molar-refractivity contribution >= 4 is 22.4 Å². The first-order valence-corrected chi connectivity index (χ1v) is 16.9. The van der Waals surface area contributed by atoms with E-state index in [1.807, 2.05) is 0 Å². The molecule has 1 heteroatoms. The van der Waals surface area contributed by atoms with Crippen LogP contribution in [0.4, 0.5) is 0 Å². The van der Waals surface area contributed by atoms with Crippen LogP contribution in [0.5, 0.6) is 11.5 Å². The Bertz CT molecular complexity index is 2260. The highest BCUT2D eigenvalue weighted by Crippen LogP contribution is 2.56. The quantitative estimate of drug-likeness (QED) is 0.198. The summed E-state index contributed by atoms with van der Waals surface area (Å²) in [5.74, 6) is 2.81. The minimum Gasteiger partial charge on any atom is -0.456 e. The molecule has 1 nitrogen and oxygen atoms in total. The number of hydrogen-bond acceptors (Lipinski definition) is 1. The van der Waals surface area contributed by atoms with Crippen LogP contribution in [0.25, 0.3) is 33.5 Å². The van der Waals surface area contributed by atoms with Gasteiger partial charge < -0.3 is 4.74 Å². The molecule has 0 amide bonds. The van der Waals surface area contributed by atoms with E-state index in [1.165, 1.54) is 77.6 Å². The first-order chi connectivity index (χ1) is 22.5. The van der Waals surface area contributed by atoms with E-state index in [0.29, 0.717) is 5.92 Å². The first-order valence-electron chi connectivity index (χ1n) is 16.9. The van der Waals surface area contributed by atoms with E-state index >= 15 is 0 Å². The monoisotopic (exact) mass is 592 g/mol. The maximum Gasteiger partial charge on any atom is 0.139 e. The second-order valence-corrected chi connectivity index (χ2v) is 14.3. The minimum atomic E-state index is 0.0411. The number of allylic oxidation sites excluding steroid dienone is 13. The predicted octanol–water partition coefficient (Wildman–Crippen LogP) is 11.7. The molecule has 4 aromatic rings. The predicted molar refractivity (Wildman–Crippen MR) is 191 cm³/mol. The molecule has 0 N–H and O–H groups in total. The van der Waals surface area contributed by atoms with Gasteiger partial charge in [-0.15, -0.1) is 0 Å².